The van der Waals surface area contributed by atoms with Crippen molar-refractivity contribution in [3.63, 3.8) is 0 Å². The second-order valence-corrected chi connectivity index (χ2v) is 4.04. The second-order valence-electron chi connectivity index (χ2n) is 3.65. The first kappa shape index (κ1) is 13.3. The molecule has 0 aliphatic carbocycles. The second kappa shape index (κ2) is 6.15. The Morgan fingerprint density at radius 1 is 1.21 bits per heavy atom. The molecule has 0 saturated heterocycles. The van der Waals surface area contributed by atoms with Crippen LogP contribution in [-0.2, 0) is 11.3 Å². The van der Waals surface area contributed by atoms with Gasteiger partial charge in [-0.3, -0.25) is 0 Å². The van der Waals surface area contributed by atoms with Gasteiger partial charge in [-0.1, -0.05) is 23.7 Å². The van der Waals surface area contributed by atoms with E-state index in [-0.39, 0.29) is 17.5 Å². The number of ether oxygens (including phenoxy) is 2. The van der Waals surface area contributed by atoms with Gasteiger partial charge in [0.15, 0.2) is 5.69 Å². The van der Waals surface area contributed by atoms with Gasteiger partial charge in [0, 0.05) is 0 Å². The summed E-state index contributed by atoms with van der Waals surface area (Å²) in [6.07, 6.45) is 2.57. The minimum absolute atomic E-state index is 0.123. The van der Waals surface area contributed by atoms with Crippen LogP contribution in [0.15, 0.2) is 36.7 Å². The third kappa shape index (κ3) is 3.66. The number of halogens is 1. The topological polar surface area (TPSA) is 61.3 Å². The molecule has 19 heavy (non-hydrogen) atoms. The van der Waals surface area contributed by atoms with Crippen LogP contribution in [0.2, 0.25) is 5.15 Å². The molecular formula is C13H11ClN2O3. The van der Waals surface area contributed by atoms with Gasteiger partial charge in [0.1, 0.15) is 17.5 Å². The summed E-state index contributed by atoms with van der Waals surface area (Å²) in [5, 5.41) is 0.228. The van der Waals surface area contributed by atoms with E-state index < -0.39 is 5.97 Å². The summed E-state index contributed by atoms with van der Waals surface area (Å²) < 4.78 is 10.1. The van der Waals surface area contributed by atoms with E-state index in [1.165, 1.54) is 12.4 Å². The summed E-state index contributed by atoms with van der Waals surface area (Å²) in [4.78, 5) is 19.3. The SMILES string of the molecule is COc1ccc(COC(=O)c2cnc(Cl)cn2)cc1. The average molecular weight is 279 g/mol. The van der Waals surface area contributed by atoms with Crippen LogP contribution < -0.4 is 4.74 Å². The molecule has 0 unspecified atom stereocenters. The van der Waals surface area contributed by atoms with Crippen LogP contribution in [0.5, 0.6) is 5.75 Å². The van der Waals surface area contributed by atoms with Crippen molar-refractivity contribution in [2.45, 2.75) is 6.61 Å². The van der Waals surface area contributed by atoms with Crippen molar-refractivity contribution in [2.75, 3.05) is 7.11 Å². The van der Waals surface area contributed by atoms with Crippen molar-refractivity contribution in [1.82, 2.24) is 9.97 Å². The Morgan fingerprint density at radius 2 is 1.95 bits per heavy atom. The standard InChI is InChI=1S/C13H11ClN2O3/c1-18-10-4-2-9(3-5-10)8-19-13(17)11-6-16-12(14)7-15-11/h2-7H,8H2,1H3. The summed E-state index contributed by atoms with van der Waals surface area (Å²) >= 11 is 5.58. The van der Waals surface area contributed by atoms with E-state index in [2.05, 4.69) is 9.97 Å². The summed E-state index contributed by atoms with van der Waals surface area (Å²) in [6.45, 7) is 0.160. The van der Waals surface area contributed by atoms with Crippen LogP contribution in [0.1, 0.15) is 16.1 Å². The zero-order valence-corrected chi connectivity index (χ0v) is 10.9. The maximum absolute atomic E-state index is 11.7. The molecule has 0 spiro atoms. The molecule has 2 aromatic rings. The van der Waals surface area contributed by atoms with Crippen LogP contribution in [0.3, 0.4) is 0 Å². The molecule has 0 radical (unpaired) electrons. The van der Waals surface area contributed by atoms with Crippen molar-refractivity contribution in [2.24, 2.45) is 0 Å². The number of nitrogens with zero attached hydrogens (tertiary/aromatic N) is 2. The highest BCUT2D eigenvalue weighted by molar-refractivity contribution is 6.29. The quantitative estimate of drug-likeness (QED) is 0.804. The Morgan fingerprint density at radius 3 is 2.53 bits per heavy atom. The zero-order chi connectivity index (χ0) is 13.7. The van der Waals surface area contributed by atoms with Crippen LogP contribution in [-0.4, -0.2) is 23.0 Å². The molecule has 1 aromatic heterocycles. The summed E-state index contributed by atoms with van der Waals surface area (Å²) in [6, 6.07) is 7.23. The van der Waals surface area contributed by atoms with Gasteiger partial charge in [0.25, 0.3) is 0 Å². The molecule has 0 fully saturated rings. The fourth-order valence-corrected chi connectivity index (χ4v) is 1.46. The number of esters is 1. The monoisotopic (exact) mass is 278 g/mol. The zero-order valence-electron chi connectivity index (χ0n) is 10.2. The number of carbonyl (C=O) groups is 1. The average Bonchev–Trinajstić information content (AvgIpc) is 2.46. The van der Waals surface area contributed by atoms with Gasteiger partial charge in [-0.2, -0.15) is 0 Å². The van der Waals surface area contributed by atoms with E-state index in [4.69, 9.17) is 21.1 Å². The van der Waals surface area contributed by atoms with E-state index in [1.807, 2.05) is 12.1 Å². The number of hydrogen-bond acceptors (Lipinski definition) is 5. The van der Waals surface area contributed by atoms with Crippen molar-refractivity contribution in [1.29, 1.82) is 0 Å². The van der Waals surface area contributed by atoms with Gasteiger partial charge < -0.3 is 9.47 Å². The maximum Gasteiger partial charge on any atom is 0.358 e. The third-order valence-electron chi connectivity index (χ3n) is 2.36. The van der Waals surface area contributed by atoms with Crippen LogP contribution in [0.25, 0.3) is 0 Å². The van der Waals surface area contributed by atoms with Gasteiger partial charge in [-0.15, -0.1) is 0 Å². The molecule has 1 aromatic carbocycles. The number of hydrogen-bond donors (Lipinski definition) is 0. The highest BCUT2D eigenvalue weighted by Gasteiger charge is 2.09. The predicted molar refractivity (Wildman–Crippen MR) is 69.2 cm³/mol. The van der Waals surface area contributed by atoms with Gasteiger partial charge in [0.2, 0.25) is 0 Å². The van der Waals surface area contributed by atoms with Gasteiger partial charge in [-0.05, 0) is 17.7 Å². The Balaban J connectivity index is 1.94. The van der Waals surface area contributed by atoms with Gasteiger partial charge >= 0.3 is 5.97 Å². The fourth-order valence-electron chi connectivity index (χ4n) is 1.36. The maximum atomic E-state index is 11.7. The van der Waals surface area contributed by atoms with E-state index in [0.29, 0.717) is 0 Å². The summed E-state index contributed by atoms with van der Waals surface area (Å²) in [5.74, 6) is 0.207. The van der Waals surface area contributed by atoms with E-state index in [0.717, 1.165) is 11.3 Å². The molecule has 2 rings (SSSR count). The van der Waals surface area contributed by atoms with E-state index in [9.17, 15) is 4.79 Å². The van der Waals surface area contributed by atoms with E-state index >= 15 is 0 Å². The first-order chi connectivity index (χ1) is 9.19. The lowest BCUT2D eigenvalue weighted by Gasteiger charge is -2.05. The number of benzene rings is 1. The molecule has 1 heterocycles. The van der Waals surface area contributed by atoms with Crippen LogP contribution >= 0.6 is 11.6 Å². The minimum atomic E-state index is -0.542. The smallest absolute Gasteiger partial charge is 0.358 e. The van der Waals surface area contributed by atoms with Crippen molar-refractivity contribution < 1.29 is 14.3 Å². The lowest BCUT2D eigenvalue weighted by atomic mass is 10.2. The molecule has 0 amide bonds. The lowest BCUT2D eigenvalue weighted by molar-refractivity contribution is 0.0465. The molecule has 0 bridgehead atoms. The molecule has 0 aliphatic heterocycles. The van der Waals surface area contributed by atoms with Crippen molar-refractivity contribution in [3.8, 4) is 5.75 Å². The summed E-state index contributed by atoms with van der Waals surface area (Å²) in [7, 11) is 1.59. The summed E-state index contributed by atoms with van der Waals surface area (Å²) in [5.41, 5.74) is 0.981. The van der Waals surface area contributed by atoms with Gasteiger partial charge in [0.05, 0.1) is 19.5 Å². The first-order valence-electron chi connectivity index (χ1n) is 5.46. The Bertz CT molecular complexity index is 555. The molecule has 0 atom stereocenters. The van der Waals surface area contributed by atoms with Crippen molar-refractivity contribution >= 4 is 17.6 Å². The Kier molecular flexibility index (Phi) is 4.30. The molecule has 5 nitrogen and oxygen atoms in total. The molecule has 0 N–H and O–H groups in total. The van der Waals surface area contributed by atoms with Crippen molar-refractivity contribution in [3.05, 3.63) is 53.1 Å². The van der Waals surface area contributed by atoms with Crippen LogP contribution in [0, 0.1) is 0 Å². The van der Waals surface area contributed by atoms with Gasteiger partial charge in [-0.25, -0.2) is 14.8 Å². The third-order valence-corrected chi connectivity index (χ3v) is 2.55. The Labute approximate surface area is 115 Å². The largest absolute Gasteiger partial charge is 0.497 e. The Hall–Kier alpha value is -2.14. The lowest BCUT2D eigenvalue weighted by Crippen LogP contribution is -2.07. The molecular weight excluding hydrogens is 268 g/mol. The molecule has 0 saturated carbocycles. The fraction of sp³-hybridized carbons (Fsp3) is 0.154. The number of aromatic nitrogens is 2. The highest BCUT2D eigenvalue weighted by atomic mass is 35.5. The first-order valence-corrected chi connectivity index (χ1v) is 5.84. The van der Waals surface area contributed by atoms with E-state index in [1.54, 1.807) is 19.2 Å². The number of carbonyl (C=O) groups excluding carboxylic acids is 1. The highest BCUT2D eigenvalue weighted by Crippen LogP contribution is 2.12. The van der Waals surface area contributed by atoms with Crippen LogP contribution in [0.4, 0.5) is 0 Å². The number of methoxy groups -OCH3 is 1. The predicted octanol–water partition coefficient (Wildman–Crippen LogP) is 2.50. The molecule has 98 valence electrons. The normalized spacial score (nSPS) is 10.0. The minimum Gasteiger partial charge on any atom is -0.497 e. The number of rotatable bonds is 4. The molecule has 0 aliphatic rings. The molecule has 6 heteroatoms.